The summed E-state index contributed by atoms with van der Waals surface area (Å²) in [6.45, 7) is 0.796. The number of alkyl halides is 1. The minimum absolute atomic E-state index is 0.623. The zero-order valence-electron chi connectivity index (χ0n) is 4.72. The summed E-state index contributed by atoms with van der Waals surface area (Å²) in [6.07, 6.45) is 3.77. The number of rotatable bonds is 2. The Hall–Kier alpha value is 0.230. The molecule has 0 radical (unpaired) electrons. The molecule has 0 aliphatic rings. The van der Waals surface area contributed by atoms with E-state index in [1.165, 1.54) is 0 Å². The Morgan fingerprint density at radius 2 is 2.56 bits per heavy atom. The van der Waals surface area contributed by atoms with Gasteiger partial charge in [-0.2, -0.15) is 5.10 Å². The molecular formula is C5H6ClIN2. The summed E-state index contributed by atoms with van der Waals surface area (Å²) in [5.41, 5.74) is 0. The fraction of sp³-hybridized carbons (Fsp3) is 0.400. The second-order valence-corrected chi connectivity index (χ2v) is 3.23. The van der Waals surface area contributed by atoms with Crippen molar-refractivity contribution in [2.75, 3.05) is 5.88 Å². The van der Waals surface area contributed by atoms with Gasteiger partial charge in [0.1, 0.15) is 0 Å². The summed E-state index contributed by atoms with van der Waals surface area (Å²) < 4.78 is 2.98. The Balaban J connectivity index is 2.61. The summed E-state index contributed by atoms with van der Waals surface area (Å²) in [6, 6.07) is 0. The summed E-state index contributed by atoms with van der Waals surface area (Å²) in [5.74, 6) is 0.623. The van der Waals surface area contributed by atoms with Crippen molar-refractivity contribution in [3.05, 3.63) is 16.0 Å². The van der Waals surface area contributed by atoms with Crippen molar-refractivity contribution >= 4 is 34.2 Å². The van der Waals surface area contributed by atoms with Gasteiger partial charge in [-0.1, -0.05) is 0 Å². The van der Waals surface area contributed by atoms with Crippen molar-refractivity contribution < 1.29 is 0 Å². The zero-order valence-corrected chi connectivity index (χ0v) is 7.63. The lowest BCUT2D eigenvalue weighted by Crippen LogP contribution is -1.98. The summed E-state index contributed by atoms with van der Waals surface area (Å²) >= 11 is 7.70. The van der Waals surface area contributed by atoms with Gasteiger partial charge in [-0.3, -0.25) is 4.68 Å². The highest BCUT2D eigenvalue weighted by atomic mass is 127. The van der Waals surface area contributed by atoms with E-state index in [1.54, 1.807) is 0 Å². The molecule has 0 aromatic carbocycles. The van der Waals surface area contributed by atoms with Crippen LogP contribution in [0.4, 0.5) is 0 Å². The maximum atomic E-state index is 5.48. The Labute approximate surface area is 72.3 Å². The molecule has 0 atom stereocenters. The first kappa shape index (κ1) is 7.34. The Kier molecular flexibility index (Phi) is 2.78. The number of hydrogen-bond acceptors (Lipinski definition) is 1. The first-order valence-electron chi connectivity index (χ1n) is 2.57. The first-order valence-corrected chi connectivity index (χ1v) is 4.18. The molecule has 0 saturated carbocycles. The molecule has 0 aliphatic carbocycles. The highest BCUT2D eigenvalue weighted by Crippen LogP contribution is 2.00. The second kappa shape index (κ2) is 3.41. The molecule has 2 nitrogen and oxygen atoms in total. The van der Waals surface area contributed by atoms with E-state index in [0.717, 1.165) is 10.1 Å². The van der Waals surface area contributed by atoms with E-state index in [0.29, 0.717) is 5.88 Å². The predicted octanol–water partition coefficient (Wildman–Crippen LogP) is 1.73. The van der Waals surface area contributed by atoms with Crippen LogP contribution in [0, 0.1) is 3.57 Å². The average molecular weight is 256 g/mol. The molecule has 1 rings (SSSR count). The Morgan fingerprint density at radius 3 is 3.00 bits per heavy atom. The van der Waals surface area contributed by atoms with Gasteiger partial charge in [-0.05, 0) is 22.6 Å². The van der Waals surface area contributed by atoms with Crippen molar-refractivity contribution in [3.63, 3.8) is 0 Å². The van der Waals surface area contributed by atoms with Crippen LogP contribution in [0.15, 0.2) is 12.4 Å². The third kappa shape index (κ3) is 2.14. The maximum Gasteiger partial charge on any atom is 0.0623 e. The van der Waals surface area contributed by atoms with E-state index < -0.39 is 0 Å². The normalized spacial score (nSPS) is 10.0. The molecule has 9 heavy (non-hydrogen) atoms. The minimum atomic E-state index is 0.623. The first-order chi connectivity index (χ1) is 4.33. The van der Waals surface area contributed by atoms with Gasteiger partial charge in [0.25, 0.3) is 0 Å². The monoisotopic (exact) mass is 256 g/mol. The molecule has 1 aromatic heterocycles. The highest BCUT2D eigenvalue weighted by Gasteiger charge is 1.91. The fourth-order valence-electron chi connectivity index (χ4n) is 0.547. The molecule has 0 spiro atoms. The quantitative estimate of drug-likeness (QED) is 0.582. The van der Waals surface area contributed by atoms with Gasteiger partial charge < -0.3 is 0 Å². The van der Waals surface area contributed by atoms with Crippen LogP contribution in [0.3, 0.4) is 0 Å². The molecule has 0 unspecified atom stereocenters. The Bertz CT molecular complexity index is 187. The van der Waals surface area contributed by atoms with E-state index in [9.17, 15) is 0 Å². The van der Waals surface area contributed by atoms with Crippen LogP contribution >= 0.6 is 34.2 Å². The fourth-order valence-corrected chi connectivity index (χ4v) is 1.17. The van der Waals surface area contributed by atoms with E-state index in [-0.39, 0.29) is 0 Å². The molecule has 0 bridgehead atoms. The smallest absolute Gasteiger partial charge is 0.0623 e. The molecule has 4 heteroatoms. The van der Waals surface area contributed by atoms with E-state index in [2.05, 4.69) is 27.7 Å². The SMILES string of the molecule is ClCCn1cc(I)cn1. The van der Waals surface area contributed by atoms with Crippen LogP contribution in [0.5, 0.6) is 0 Å². The maximum absolute atomic E-state index is 5.48. The molecule has 50 valence electrons. The van der Waals surface area contributed by atoms with Crippen molar-refractivity contribution in [1.82, 2.24) is 9.78 Å². The van der Waals surface area contributed by atoms with Crippen LogP contribution in [-0.4, -0.2) is 15.7 Å². The molecule has 0 amide bonds. The number of aromatic nitrogens is 2. The lowest BCUT2D eigenvalue weighted by atomic mass is 10.7. The van der Waals surface area contributed by atoms with Crippen molar-refractivity contribution in [2.24, 2.45) is 0 Å². The largest absolute Gasteiger partial charge is 0.270 e. The van der Waals surface area contributed by atoms with Crippen LogP contribution in [-0.2, 0) is 6.54 Å². The predicted molar refractivity (Wildman–Crippen MR) is 45.7 cm³/mol. The van der Waals surface area contributed by atoms with E-state index in [1.807, 2.05) is 17.1 Å². The van der Waals surface area contributed by atoms with Gasteiger partial charge in [0.2, 0.25) is 0 Å². The van der Waals surface area contributed by atoms with Gasteiger partial charge in [0.15, 0.2) is 0 Å². The van der Waals surface area contributed by atoms with Crippen LogP contribution in [0.1, 0.15) is 0 Å². The van der Waals surface area contributed by atoms with Gasteiger partial charge >= 0.3 is 0 Å². The number of nitrogens with zero attached hydrogens (tertiary/aromatic N) is 2. The van der Waals surface area contributed by atoms with Gasteiger partial charge in [0, 0.05) is 12.1 Å². The molecule has 0 aliphatic heterocycles. The minimum Gasteiger partial charge on any atom is -0.270 e. The average Bonchev–Trinajstić information content (AvgIpc) is 2.17. The molecule has 0 saturated heterocycles. The van der Waals surface area contributed by atoms with E-state index in [4.69, 9.17) is 11.6 Å². The van der Waals surface area contributed by atoms with Crippen molar-refractivity contribution in [3.8, 4) is 0 Å². The molecule has 1 heterocycles. The second-order valence-electron chi connectivity index (χ2n) is 1.61. The molecule has 1 aromatic rings. The number of halogens is 2. The molecular weight excluding hydrogens is 250 g/mol. The summed E-state index contributed by atoms with van der Waals surface area (Å²) in [5, 5.41) is 4.03. The lowest BCUT2D eigenvalue weighted by molar-refractivity contribution is 0.664. The molecule has 0 N–H and O–H groups in total. The highest BCUT2D eigenvalue weighted by molar-refractivity contribution is 14.1. The number of aryl methyl sites for hydroxylation is 1. The van der Waals surface area contributed by atoms with Crippen LogP contribution in [0.2, 0.25) is 0 Å². The number of hydrogen-bond donors (Lipinski definition) is 0. The molecule has 0 fully saturated rings. The topological polar surface area (TPSA) is 17.8 Å². The summed E-state index contributed by atoms with van der Waals surface area (Å²) in [4.78, 5) is 0. The Morgan fingerprint density at radius 1 is 1.78 bits per heavy atom. The third-order valence-corrected chi connectivity index (χ3v) is 1.64. The van der Waals surface area contributed by atoms with Gasteiger partial charge in [-0.25, -0.2) is 0 Å². The van der Waals surface area contributed by atoms with Crippen LogP contribution < -0.4 is 0 Å². The zero-order chi connectivity index (χ0) is 6.69. The van der Waals surface area contributed by atoms with Gasteiger partial charge in [0.05, 0.1) is 16.3 Å². The van der Waals surface area contributed by atoms with Crippen LogP contribution in [0.25, 0.3) is 0 Å². The van der Waals surface area contributed by atoms with Gasteiger partial charge in [-0.15, -0.1) is 11.6 Å². The van der Waals surface area contributed by atoms with Crippen molar-refractivity contribution in [1.29, 1.82) is 0 Å². The third-order valence-electron chi connectivity index (χ3n) is 0.915. The van der Waals surface area contributed by atoms with Crippen molar-refractivity contribution in [2.45, 2.75) is 6.54 Å². The summed E-state index contributed by atoms with van der Waals surface area (Å²) in [7, 11) is 0. The standard InChI is InChI=1S/C5H6ClIN2/c6-1-2-9-4-5(7)3-8-9/h3-4H,1-2H2. The lowest BCUT2D eigenvalue weighted by Gasteiger charge is -1.91. The van der Waals surface area contributed by atoms with E-state index >= 15 is 0 Å².